The first-order chi connectivity index (χ1) is 16.0. The Balaban J connectivity index is 1.67. The van der Waals surface area contributed by atoms with Crippen molar-refractivity contribution in [3.63, 3.8) is 0 Å². The molecule has 0 saturated carbocycles. The van der Waals surface area contributed by atoms with Crippen LogP contribution in [0.4, 0.5) is 0 Å². The molecule has 0 atom stereocenters. The van der Waals surface area contributed by atoms with Crippen LogP contribution in [0.2, 0.25) is 0 Å². The maximum Gasteiger partial charge on any atom is 0.326 e. The van der Waals surface area contributed by atoms with Gasteiger partial charge in [-0.2, -0.15) is 0 Å². The second-order valence-corrected chi connectivity index (χ2v) is 9.42. The molecular weight excluding hydrogens is 452 g/mol. The van der Waals surface area contributed by atoms with Gasteiger partial charge in [-0.1, -0.05) is 72.3 Å². The lowest BCUT2D eigenvalue weighted by atomic mass is 10.1. The molecule has 0 aliphatic rings. The summed E-state index contributed by atoms with van der Waals surface area (Å²) in [5, 5.41) is 0.505. The number of fused-ring (bicyclic) bond motifs is 3. The summed E-state index contributed by atoms with van der Waals surface area (Å²) in [6.07, 6.45) is 0. The van der Waals surface area contributed by atoms with Gasteiger partial charge in [-0.05, 0) is 42.4 Å². The Kier molecular flexibility index (Phi) is 5.66. The van der Waals surface area contributed by atoms with E-state index >= 15 is 0 Å². The lowest BCUT2D eigenvalue weighted by Gasteiger charge is -2.13. The monoisotopic (exact) mass is 472 g/mol. The summed E-state index contributed by atoms with van der Waals surface area (Å²) < 4.78 is 9.48. The molecule has 0 bridgehead atoms. The molecule has 0 spiro atoms. The van der Waals surface area contributed by atoms with Crippen LogP contribution in [0.15, 0.2) is 83.7 Å². The summed E-state index contributed by atoms with van der Waals surface area (Å²) in [4.78, 5) is 27.2. The third-order valence-electron chi connectivity index (χ3n) is 5.47. The number of aromatic nitrogens is 2. The number of para-hydroxylation sites is 1. The Morgan fingerprint density at radius 3 is 2.55 bits per heavy atom. The largest absolute Gasteiger partial charge is 0.459 e. The molecule has 0 unspecified atom stereocenters. The molecule has 5 nitrogen and oxygen atoms in total. The van der Waals surface area contributed by atoms with Gasteiger partial charge in [-0.15, -0.1) is 11.3 Å². The Morgan fingerprint density at radius 1 is 1.00 bits per heavy atom. The zero-order valence-electron chi connectivity index (χ0n) is 17.9. The number of hydrogen-bond donors (Lipinski definition) is 0. The predicted octanol–water partition coefficient (Wildman–Crippen LogP) is 5.76. The summed E-state index contributed by atoms with van der Waals surface area (Å²) in [7, 11) is 0. The van der Waals surface area contributed by atoms with Crippen LogP contribution in [0.25, 0.3) is 27.0 Å². The number of esters is 1. The molecule has 33 heavy (non-hydrogen) atoms. The zero-order chi connectivity index (χ0) is 22.9. The highest BCUT2D eigenvalue weighted by Gasteiger charge is 2.20. The lowest BCUT2D eigenvalue weighted by molar-refractivity contribution is -0.145. The highest BCUT2D eigenvalue weighted by Crippen LogP contribution is 2.33. The normalized spacial score (nSPS) is 11.2. The first-order valence-electron chi connectivity index (χ1n) is 10.5. The number of thiazole rings is 1. The van der Waals surface area contributed by atoms with Gasteiger partial charge in [0.15, 0.2) is 3.95 Å². The third kappa shape index (κ3) is 4.01. The molecule has 5 aromatic rings. The highest BCUT2D eigenvalue weighted by molar-refractivity contribution is 7.73. The van der Waals surface area contributed by atoms with Gasteiger partial charge in [0.2, 0.25) is 0 Å². The molecule has 2 heterocycles. The van der Waals surface area contributed by atoms with E-state index in [1.54, 1.807) is 6.07 Å². The first kappa shape index (κ1) is 21.3. The van der Waals surface area contributed by atoms with Gasteiger partial charge < -0.3 is 4.74 Å². The van der Waals surface area contributed by atoms with Crippen LogP contribution in [-0.2, 0) is 22.7 Å². The van der Waals surface area contributed by atoms with Crippen molar-refractivity contribution in [2.75, 3.05) is 0 Å². The molecule has 0 radical (unpaired) electrons. The summed E-state index contributed by atoms with van der Waals surface area (Å²) in [5.74, 6) is -0.481. The molecule has 0 aliphatic carbocycles. The van der Waals surface area contributed by atoms with E-state index in [4.69, 9.17) is 17.0 Å². The van der Waals surface area contributed by atoms with E-state index in [0.29, 0.717) is 15.0 Å². The fourth-order valence-electron chi connectivity index (χ4n) is 3.95. The minimum Gasteiger partial charge on any atom is -0.459 e. The molecule has 3 aromatic carbocycles. The molecule has 7 heteroatoms. The van der Waals surface area contributed by atoms with Crippen molar-refractivity contribution in [3.8, 4) is 10.4 Å². The van der Waals surface area contributed by atoms with Gasteiger partial charge in [0.05, 0.1) is 15.8 Å². The minimum absolute atomic E-state index is 0.152. The number of carbonyl (C=O) groups excluding carboxylic acids is 1. The molecule has 0 fully saturated rings. The zero-order valence-corrected chi connectivity index (χ0v) is 19.5. The first-order valence-corrected chi connectivity index (χ1v) is 11.7. The summed E-state index contributed by atoms with van der Waals surface area (Å²) in [5.41, 5.74) is 4.03. The van der Waals surface area contributed by atoms with Crippen LogP contribution in [0, 0.1) is 10.9 Å². The fourth-order valence-corrected chi connectivity index (χ4v) is 5.37. The van der Waals surface area contributed by atoms with Crippen molar-refractivity contribution >= 4 is 46.1 Å². The molecule has 164 valence electrons. The lowest BCUT2D eigenvalue weighted by Crippen LogP contribution is -2.27. The molecule has 5 rings (SSSR count). The standard InChI is InChI=1S/C26H20N2O3S2/c1-17-8-7-11-19(14-17)23-24-27(15-22(29)31-16-18-9-3-2-4-10-18)25(30)20-12-5-6-13-21(20)28(24)26(32)33-23/h2-14H,15-16H2,1H3. The Morgan fingerprint density at radius 2 is 1.76 bits per heavy atom. The molecule has 0 saturated heterocycles. The number of carbonyl (C=O) groups is 1. The Hall–Kier alpha value is -3.55. The summed E-state index contributed by atoms with van der Waals surface area (Å²) in [6.45, 7) is 1.97. The topological polar surface area (TPSA) is 52.7 Å². The van der Waals surface area contributed by atoms with E-state index < -0.39 is 5.97 Å². The van der Waals surface area contributed by atoms with Crippen LogP contribution in [0.5, 0.6) is 0 Å². The third-order valence-corrected chi connectivity index (χ3v) is 6.89. The molecule has 0 aliphatic heterocycles. The van der Waals surface area contributed by atoms with Gasteiger partial charge >= 0.3 is 5.97 Å². The second kappa shape index (κ2) is 8.77. The van der Waals surface area contributed by atoms with E-state index in [0.717, 1.165) is 27.1 Å². The molecule has 2 aromatic heterocycles. The summed E-state index contributed by atoms with van der Waals surface area (Å²) >= 11 is 7.15. The van der Waals surface area contributed by atoms with Crippen molar-refractivity contribution < 1.29 is 9.53 Å². The second-order valence-electron chi connectivity index (χ2n) is 7.78. The van der Waals surface area contributed by atoms with Crippen LogP contribution in [-0.4, -0.2) is 14.9 Å². The van der Waals surface area contributed by atoms with Crippen LogP contribution < -0.4 is 5.56 Å². The van der Waals surface area contributed by atoms with E-state index in [1.165, 1.54) is 15.9 Å². The Bertz CT molecular complexity index is 1610. The molecule has 0 amide bonds. The van der Waals surface area contributed by atoms with Crippen LogP contribution in [0.1, 0.15) is 11.1 Å². The minimum atomic E-state index is -0.481. The quantitative estimate of drug-likeness (QED) is 0.241. The fraction of sp³-hybridized carbons (Fsp3) is 0.115. The van der Waals surface area contributed by atoms with Crippen molar-refractivity contribution in [1.29, 1.82) is 0 Å². The maximum absolute atomic E-state index is 13.5. The molecular formula is C26H20N2O3S2. The van der Waals surface area contributed by atoms with E-state index in [2.05, 4.69) is 6.07 Å². The number of ether oxygens (including phenoxy) is 1. The van der Waals surface area contributed by atoms with E-state index in [9.17, 15) is 9.59 Å². The smallest absolute Gasteiger partial charge is 0.326 e. The van der Waals surface area contributed by atoms with Gasteiger partial charge in [0, 0.05) is 0 Å². The average molecular weight is 473 g/mol. The van der Waals surface area contributed by atoms with Crippen molar-refractivity contribution in [2.45, 2.75) is 20.1 Å². The predicted molar refractivity (Wildman–Crippen MR) is 134 cm³/mol. The van der Waals surface area contributed by atoms with Gasteiger partial charge in [-0.3, -0.25) is 18.6 Å². The number of nitrogens with zero attached hydrogens (tertiary/aromatic N) is 2. The van der Waals surface area contributed by atoms with Gasteiger partial charge in [0.1, 0.15) is 18.8 Å². The number of aryl methyl sites for hydroxylation is 1. The van der Waals surface area contributed by atoms with Crippen molar-refractivity contribution in [3.05, 3.63) is 104 Å². The number of rotatable bonds is 5. The Labute approximate surface area is 199 Å². The van der Waals surface area contributed by atoms with Gasteiger partial charge in [-0.25, -0.2) is 0 Å². The van der Waals surface area contributed by atoms with E-state index in [-0.39, 0.29) is 18.7 Å². The highest BCUT2D eigenvalue weighted by atomic mass is 32.1. The van der Waals surface area contributed by atoms with E-state index in [1.807, 2.05) is 78.1 Å². The van der Waals surface area contributed by atoms with Crippen molar-refractivity contribution in [2.24, 2.45) is 0 Å². The summed E-state index contributed by atoms with van der Waals surface area (Å²) in [6, 6.07) is 24.8. The number of benzene rings is 3. The maximum atomic E-state index is 13.5. The molecule has 0 N–H and O–H groups in total. The van der Waals surface area contributed by atoms with Crippen LogP contribution >= 0.6 is 23.6 Å². The average Bonchev–Trinajstić information content (AvgIpc) is 3.18. The van der Waals surface area contributed by atoms with Gasteiger partial charge in [0.25, 0.3) is 5.56 Å². The SMILES string of the molecule is Cc1cccc(-c2sc(=S)n3c4ccccc4c(=O)n(CC(=O)OCc4ccccc4)c23)c1. The number of hydrogen-bond acceptors (Lipinski definition) is 5. The van der Waals surface area contributed by atoms with Crippen LogP contribution in [0.3, 0.4) is 0 Å². The van der Waals surface area contributed by atoms with Crippen molar-refractivity contribution in [1.82, 2.24) is 8.97 Å².